The number of anilines is 1. The van der Waals surface area contributed by atoms with Crippen LogP contribution >= 0.6 is 11.3 Å². The molecule has 0 saturated heterocycles. The van der Waals surface area contributed by atoms with E-state index in [1.165, 1.54) is 15.9 Å². The first-order valence-electron chi connectivity index (χ1n) is 9.63. The van der Waals surface area contributed by atoms with Crippen LogP contribution in [0.1, 0.15) is 18.9 Å². The zero-order chi connectivity index (χ0) is 20.8. The number of aromatic nitrogens is 3. The molecule has 0 fully saturated rings. The Morgan fingerprint density at radius 3 is 2.57 bits per heavy atom. The first-order valence-corrected chi connectivity index (χ1v) is 10.4. The van der Waals surface area contributed by atoms with Gasteiger partial charge in [-0.1, -0.05) is 36.5 Å². The molecule has 0 saturated carbocycles. The summed E-state index contributed by atoms with van der Waals surface area (Å²) in [5, 5.41) is 4.39. The summed E-state index contributed by atoms with van der Waals surface area (Å²) in [5.41, 5.74) is 2.43. The molecule has 8 heteroatoms. The summed E-state index contributed by atoms with van der Waals surface area (Å²) >= 11 is 1.19. The summed E-state index contributed by atoms with van der Waals surface area (Å²) in [5.74, 6) is 1.06. The van der Waals surface area contributed by atoms with E-state index in [2.05, 4.69) is 17.0 Å². The molecule has 7 nitrogen and oxygen atoms in total. The molecule has 2 aromatic carbocycles. The lowest BCUT2D eigenvalue weighted by atomic mass is 10.1. The van der Waals surface area contributed by atoms with Gasteiger partial charge in [-0.05, 0) is 36.8 Å². The van der Waals surface area contributed by atoms with Crippen LogP contribution in [0.5, 0.6) is 5.75 Å². The van der Waals surface area contributed by atoms with E-state index in [1.807, 2.05) is 48.5 Å². The van der Waals surface area contributed by atoms with Gasteiger partial charge in [0, 0.05) is 18.2 Å². The number of benzene rings is 2. The van der Waals surface area contributed by atoms with Crippen molar-refractivity contribution in [3.05, 3.63) is 69.0 Å². The van der Waals surface area contributed by atoms with E-state index in [0.29, 0.717) is 27.5 Å². The molecule has 0 aliphatic carbocycles. The summed E-state index contributed by atoms with van der Waals surface area (Å²) in [6, 6.07) is 14.9. The van der Waals surface area contributed by atoms with E-state index in [-0.39, 0.29) is 11.5 Å². The monoisotopic (exact) mass is 418 g/mol. The van der Waals surface area contributed by atoms with Gasteiger partial charge in [0.1, 0.15) is 10.3 Å². The van der Waals surface area contributed by atoms with Crippen LogP contribution in [-0.2, 0) is 4.79 Å². The highest BCUT2D eigenvalue weighted by Gasteiger charge is 2.31. The molecule has 2 aromatic heterocycles. The number of para-hydroxylation sites is 1. The molecule has 1 aliphatic heterocycles. The second-order valence-electron chi connectivity index (χ2n) is 7.00. The number of ether oxygens (including phenoxy) is 1. The van der Waals surface area contributed by atoms with Crippen LogP contribution in [-0.4, -0.2) is 34.2 Å². The Morgan fingerprint density at radius 1 is 1.07 bits per heavy atom. The van der Waals surface area contributed by atoms with Gasteiger partial charge in [-0.25, -0.2) is 0 Å². The maximum atomic E-state index is 13.1. The van der Waals surface area contributed by atoms with Crippen LogP contribution in [0, 0.1) is 0 Å². The summed E-state index contributed by atoms with van der Waals surface area (Å²) in [6.07, 6.45) is 0.941. The fourth-order valence-electron chi connectivity index (χ4n) is 3.52. The van der Waals surface area contributed by atoms with E-state index in [4.69, 9.17) is 4.74 Å². The van der Waals surface area contributed by atoms with Gasteiger partial charge in [0.15, 0.2) is 5.82 Å². The molecule has 0 radical (unpaired) electrons. The van der Waals surface area contributed by atoms with Crippen LogP contribution in [0.25, 0.3) is 21.9 Å². The van der Waals surface area contributed by atoms with E-state index in [9.17, 15) is 9.59 Å². The summed E-state index contributed by atoms with van der Waals surface area (Å²) in [4.78, 5) is 32.4. The normalized spacial score (nSPS) is 15.1. The van der Waals surface area contributed by atoms with Crippen molar-refractivity contribution in [3.8, 4) is 17.1 Å². The van der Waals surface area contributed by atoms with Gasteiger partial charge in [-0.15, -0.1) is 5.10 Å². The molecule has 30 heavy (non-hydrogen) atoms. The molecule has 5 rings (SSSR count). The third kappa shape index (κ3) is 2.80. The average molecular weight is 418 g/mol. The Morgan fingerprint density at radius 2 is 1.83 bits per heavy atom. The molecule has 0 unspecified atom stereocenters. The van der Waals surface area contributed by atoms with Gasteiger partial charge in [-0.3, -0.25) is 9.59 Å². The Bertz CT molecular complexity index is 1390. The highest BCUT2D eigenvalue weighted by molar-refractivity contribution is 7.15. The van der Waals surface area contributed by atoms with E-state index < -0.39 is 0 Å². The largest absolute Gasteiger partial charge is 0.494 e. The highest BCUT2D eigenvalue weighted by atomic mass is 32.1. The number of likely N-dealkylation sites (N-methyl/N-ethyl adjacent to an activating group) is 1. The number of carbonyl (C=O) groups excluding carboxylic acids is 1. The van der Waals surface area contributed by atoms with Crippen LogP contribution < -0.4 is 19.7 Å². The standard InChI is InChI=1S/C22H18N4O3S/c1-3-12-29-14-10-8-13(9-11-14)19-23-22-26(24-19)21(28)18(30-22)17-15-6-4-5-7-16(15)25(2)20(17)27/h4-11H,3,12H2,1-2H3/b18-17-. The number of amides is 1. The zero-order valence-corrected chi connectivity index (χ0v) is 17.3. The molecule has 1 amide bonds. The predicted octanol–water partition coefficient (Wildman–Crippen LogP) is 2.50. The number of fused-ring (bicyclic) bond motifs is 2. The number of carbonyl (C=O) groups is 1. The van der Waals surface area contributed by atoms with E-state index in [1.54, 1.807) is 11.9 Å². The Balaban J connectivity index is 1.60. The summed E-state index contributed by atoms with van der Waals surface area (Å²) in [6.45, 7) is 2.72. The fourth-order valence-corrected chi connectivity index (χ4v) is 4.51. The first kappa shape index (κ1) is 18.5. The third-order valence-electron chi connectivity index (χ3n) is 5.02. The highest BCUT2D eigenvalue weighted by Crippen LogP contribution is 2.33. The SMILES string of the molecule is CCCOc1ccc(-c2nc3s/c(=C4\C(=O)N(C)c5ccccc54)c(=O)n3n2)cc1. The lowest BCUT2D eigenvalue weighted by molar-refractivity contribution is -0.112. The van der Waals surface area contributed by atoms with E-state index in [0.717, 1.165) is 29.0 Å². The van der Waals surface area contributed by atoms with Crippen molar-refractivity contribution < 1.29 is 9.53 Å². The minimum atomic E-state index is -0.329. The Kier molecular flexibility index (Phi) is 4.36. The topological polar surface area (TPSA) is 76.8 Å². The van der Waals surface area contributed by atoms with Crippen LogP contribution in [0.3, 0.4) is 0 Å². The molecule has 1 aliphatic rings. The molecule has 0 bridgehead atoms. The van der Waals surface area contributed by atoms with Gasteiger partial charge in [-0.2, -0.15) is 9.50 Å². The minimum absolute atomic E-state index is 0.194. The summed E-state index contributed by atoms with van der Waals surface area (Å²) in [7, 11) is 1.71. The van der Waals surface area contributed by atoms with E-state index >= 15 is 0 Å². The molecule has 3 heterocycles. The van der Waals surface area contributed by atoms with Crippen LogP contribution in [0.4, 0.5) is 5.69 Å². The van der Waals surface area contributed by atoms with Crippen molar-refractivity contribution in [2.75, 3.05) is 18.6 Å². The molecule has 0 N–H and O–H groups in total. The minimum Gasteiger partial charge on any atom is -0.494 e. The van der Waals surface area contributed by atoms with Gasteiger partial charge >= 0.3 is 0 Å². The smallest absolute Gasteiger partial charge is 0.291 e. The van der Waals surface area contributed by atoms with Crippen LogP contribution in [0.2, 0.25) is 0 Å². The van der Waals surface area contributed by atoms with Crippen molar-refractivity contribution in [1.82, 2.24) is 14.6 Å². The van der Waals surface area contributed by atoms with Crippen molar-refractivity contribution >= 4 is 33.5 Å². The second-order valence-corrected chi connectivity index (χ2v) is 7.97. The lowest BCUT2D eigenvalue weighted by Crippen LogP contribution is -2.30. The fraction of sp³-hybridized carbons (Fsp3) is 0.182. The number of rotatable bonds is 4. The van der Waals surface area contributed by atoms with Gasteiger partial charge in [0.25, 0.3) is 11.5 Å². The molecule has 4 aromatic rings. The maximum Gasteiger partial charge on any atom is 0.291 e. The van der Waals surface area contributed by atoms with Crippen molar-refractivity contribution in [3.63, 3.8) is 0 Å². The van der Waals surface area contributed by atoms with Gasteiger partial charge < -0.3 is 9.64 Å². The van der Waals surface area contributed by atoms with Crippen molar-refractivity contribution in [2.24, 2.45) is 0 Å². The third-order valence-corrected chi connectivity index (χ3v) is 6.05. The van der Waals surface area contributed by atoms with Crippen LogP contribution in [0.15, 0.2) is 53.3 Å². The number of thiazole rings is 1. The average Bonchev–Trinajstić information content (AvgIpc) is 3.39. The predicted molar refractivity (Wildman–Crippen MR) is 116 cm³/mol. The molecular weight excluding hydrogens is 400 g/mol. The molecule has 0 atom stereocenters. The molecule has 0 spiro atoms. The molecular formula is C22H18N4O3S. The van der Waals surface area contributed by atoms with Gasteiger partial charge in [0.2, 0.25) is 4.96 Å². The maximum absolute atomic E-state index is 13.1. The number of hydrogen-bond donors (Lipinski definition) is 0. The molecule has 150 valence electrons. The Labute approximate surface area is 175 Å². The zero-order valence-electron chi connectivity index (χ0n) is 16.5. The second kappa shape index (κ2) is 7.07. The van der Waals surface area contributed by atoms with Crippen molar-refractivity contribution in [1.29, 1.82) is 0 Å². The Hall–Kier alpha value is -3.52. The van der Waals surface area contributed by atoms with Gasteiger partial charge in [0.05, 0.1) is 17.9 Å². The van der Waals surface area contributed by atoms with Crippen molar-refractivity contribution in [2.45, 2.75) is 13.3 Å². The summed E-state index contributed by atoms with van der Waals surface area (Å²) < 4.78 is 7.24. The quantitative estimate of drug-likeness (QED) is 0.509. The lowest BCUT2D eigenvalue weighted by Gasteiger charge is -2.07. The first-order chi connectivity index (χ1) is 14.6. The number of hydrogen-bond acceptors (Lipinski definition) is 6. The number of nitrogens with zero attached hydrogens (tertiary/aromatic N) is 4.